The fourth-order valence-electron chi connectivity index (χ4n) is 2.38. The van der Waals surface area contributed by atoms with Gasteiger partial charge in [0.15, 0.2) is 9.84 Å². The summed E-state index contributed by atoms with van der Waals surface area (Å²) >= 11 is 0. The summed E-state index contributed by atoms with van der Waals surface area (Å²) in [7, 11) is -1.86. The molecule has 140 valence electrons. The first-order chi connectivity index (χ1) is 12.5. The van der Waals surface area contributed by atoms with Crippen LogP contribution in [0.1, 0.15) is 25.0 Å². The van der Waals surface area contributed by atoms with Gasteiger partial charge in [0.1, 0.15) is 17.2 Å². The number of rotatable bonds is 9. The molecule has 0 radical (unpaired) electrons. The highest BCUT2D eigenvalue weighted by Gasteiger charge is 2.10. The van der Waals surface area contributed by atoms with Crippen LogP contribution in [0.4, 0.5) is 0 Å². The van der Waals surface area contributed by atoms with E-state index in [4.69, 9.17) is 14.2 Å². The molecular formula is C20H24O5S. The van der Waals surface area contributed by atoms with Gasteiger partial charge in [-0.05, 0) is 55.8 Å². The van der Waals surface area contributed by atoms with Crippen molar-refractivity contribution in [2.75, 3.05) is 20.3 Å². The first-order valence-corrected chi connectivity index (χ1v) is 10.1. The third kappa shape index (κ3) is 5.81. The average molecular weight is 376 g/mol. The zero-order valence-electron chi connectivity index (χ0n) is 15.3. The van der Waals surface area contributed by atoms with Gasteiger partial charge in [0.25, 0.3) is 0 Å². The van der Waals surface area contributed by atoms with Crippen molar-refractivity contribution in [3.05, 3.63) is 59.0 Å². The van der Waals surface area contributed by atoms with Crippen molar-refractivity contribution >= 4 is 15.9 Å². The smallest absolute Gasteiger partial charge is 0.175 e. The second kappa shape index (κ2) is 9.29. The predicted octanol–water partition coefficient (Wildman–Crippen LogP) is 4.08. The molecule has 2 aromatic carbocycles. The van der Waals surface area contributed by atoms with Gasteiger partial charge in [-0.15, -0.1) is 0 Å². The van der Waals surface area contributed by atoms with E-state index in [0.29, 0.717) is 41.6 Å². The van der Waals surface area contributed by atoms with Gasteiger partial charge in [0.2, 0.25) is 0 Å². The Kier molecular flexibility index (Phi) is 7.09. The Morgan fingerprint density at radius 1 is 0.923 bits per heavy atom. The lowest BCUT2D eigenvalue weighted by Gasteiger charge is -2.10. The van der Waals surface area contributed by atoms with Crippen LogP contribution in [0.15, 0.2) is 47.9 Å². The molecule has 0 unspecified atom stereocenters. The van der Waals surface area contributed by atoms with Gasteiger partial charge in [-0.1, -0.05) is 12.1 Å². The standard InChI is InChI=1S/C20H24O5S/c1-4-24-19-10-11-20(25-5-2)17(14-19)12-13-26(21,22)15-16-6-8-18(23-3)9-7-16/h6-14H,4-5,15H2,1-3H3/b13-12+. The SMILES string of the molecule is CCOc1ccc(OCC)c(/C=C/S(=O)(=O)Cc2ccc(OC)cc2)c1. The summed E-state index contributed by atoms with van der Waals surface area (Å²) in [4.78, 5) is 0. The molecule has 0 bridgehead atoms. The summed E-state index contributed by atoms with van der Waals surface area (Å²) in [5.74, 6) is 1.90. The topological polar surface area (TPSA) is 61.8 Å². The van der Waals surface area contributed by atoms with Crippen molar-refractivity contribution < 1.29 is 22.6 Å². The van der Waals surface area contributed by atoms with Crippen molar-refractivity contribution in [1.82, 2.24) is 0 Å². The zero-order chi connectivity index (χ0) is 19.0. The highest BCUT2D eigenvalue weighted by molar-refractivity contribution is 7.93. The quantitative estimate of drug-likeness (QED) is 0.660. The number of hydrogen-bond acceptors (Lipinski definition) is 5. The van der Waals surface area contributed by atoms with E-state index in [9.17, 15) is 8.42 Å². The zero-order valence-corrected chi connectivity index (χ0v) is 16.1. The van der Waals surface area contributed by atoms with E-state index in [1.165, 1.54) is 5.41 Å². The molecule has 0 aromatic heterocycles. The van der Waals surface area contributed by atoms with E-state index >= 15 is 0 Å². The number of sulfone groups is 1. The highest BCUT2D eigenvalue weighted by atomic mass is 32.2. The Bertz CT molecular complexity index is 839. The van der Waals surface area contributed by atoms with Gasteiger partial charge in [-0.3, -0.25) is 0 Å². The molecule has 0 heterocycles. The maximum atomic E-state index is 12.4. The molecule has 0 N–H and O–H groups in total. The summed E-state index contributed by atoms with van der Waals surface area (Å²) < 4.78 is 41.0. The van der Waals surface area contributed by atoms with Crippen LogP contribution in [0, 0.1) is 0 Å². The molecule has 0 atom stereocenters. The van der Waals surface area contributed by atoms with Crippen molar-refractivity contribution in [3.8, 4) is 17.2 Å². The minimum Gasteiger partial charge on any atom is -0.497 e. The maximum absolute atomic E-state index is 12.4. The van der Waals surface area contributed by atoms with Crippen molar-refractivity contribution in [1.29, 1.82) is 0 Å². The van der Waals surface area contributed by atoms with Crippen LogP contribution in [0.25, 0.3) is 6.08 Å². The first kappa shape index (κ1) is 19.8. The largest absolute Gasteiger partial charge is 0.497 e. The van der Waals surface area contributed by atoms with Crippen LogP contribution < -0.4 is 14.2 Å². The molecule has 5 nitrogen and oxygen atoms in total. The van der Waals surface area contributed by atoms with Gasteiger partial charge in [-0.25, -0.2) is 8.42 Å². The van der Waals surface area contributed by atoms with Crippen LogP contribution in [0.3, 0.4) is 0 Å². The first-order valence-electron chi connectivity index (χ1n) is 8.40. The van der Waals surface area contributed by atoms with Crippen LogP contribution >= 0.6 is 0 Å². The number of ether oxygens (including phenoxy) is 3. The Labute approximate surface area is 155 Å². The predicted molar refractivity (Wildman–Crippen MR) is 103 cm³/mol. The second-order valence-corrected chi connectivity index (χ2v) is 7.41. The lowest BCUT2D eigenvalue weighted by Crippen LogP contribution is -2.00. The Morgan fingerprint density at radius 2 is 1.58 bits per heavy atom. The van der Waals surface area contributed by atoms with E-state index in [1.54, 1.807) is 55.7 Å². The molecule has 0 saturated carbocycles. The molecule has 0 aliphatic heterocycles. The molecule has 2 aromatic rings. The van der Waals surface area contributed by atoms with Crippen LogP contribution in [-0.2, 0) is 15.6 Å². The molecule has 0 fully saturated rings. The van der Waals surface area contributed by atoms with Gasteiger partial charge in [0, 0.05) is 11.0 Å². The molecule has 0 aliphatic rings. The maximum Gasteiger partial charge on any atom is 0.175 e. The van der Waals surface area contributed by atoms with E-state index in [0.717, 1.165) is 0 Å². The number of methoxy groups -OCH3 is 1. The molecule has 6 heteroatoms. The summed E-state index contributed by atoms with van der Waals surface area (Å²) in [5, 5.41) is 1.21. The number of benzene rings is 2. The number of hydrogen-bond donors (Lipinski definition) is 0. The lowest BCUT2D eigenvalue weighted by atomic mass is 10.2. The van der Waals surface area contributed by atoms with Crippen molar-refractivity contribution in [3.63, 3.8) is 0 Å². The summed E-state index contributed by atoms with van der Waals surface area (Å²) in [6.07, 6.45) is 1.55. The summed E-state index contributed by atoms with van der Waals surface area (Å²) in [6.45, 7) is 4.80. The third-order valence-electron chi connectivity index (χ3n) is 3.57. The molecule has 0 amide bonds. The van der Waals surface area contributed by atoms with E-state index in [1.807, 2.05) is 13.8 Å². The second-order valence-electron chi connectivity index (χ2n) is 5.52. The normalized spacial score (nSPS) is 11.5. The average Bonchev–Trinajstić information content (AvgIpc) is 2.62. The third-order valence-corrected chi connectivity index (χ3v) is 4.86. The summed E-state index contributed by atoms with van der Waals surface area (Å²) in [5.41, 5.74) is 1.36. The van der Waals surface area contributed by atoms with Gasteiger partial charge < -0.3 is 14.2 Å². The minimum atomic E-state index is -3.43. The van der Waals surface area contributed by atoms with E-state index in [2.05, 4.69) is 0 Å². The minimum absolute atomic E-state index is 0.0807. The molecular weight excluding hydrogens is 352 g/mol. The van der Waals surface area contributed by atoms with Crippen LogP contribution in [-0.4, -0.2) is 28.7 Å². The monoisotopic (exact) mass is 376 g/mol. The van der Waals surface area contributed by atoms with Crippen molar-refractivity contribution in [2.24, 2.45) is 0 Å². The highest BCUT2D eigenvalue weighted by Crippen LogP contribution is 2.26. The van der Waals surface area contributed by atoms with Gasteiger partial charge >= 0.3 is 0 Å². The van der Waals surface area contributed by atoms with Crippen LogP contribution in [0.2, 0.25) is 0 Å². The molecule has 2 rings (SSSR count). The Balaban J connectivity index is 2.21. The van der Waals surface area contributed by atoms with Crippen LogP contribution in [0.5, 0.6) is 17.2 Å². The van der Waals surface area contributed by atoms with Gasteiger partial charge in [0.05, 0.1) is 26.1 Å². The fraction of sp³-hybridized carbons (Fsp3) is 0.300. The lowest BCUT2D eigenvalue weighted by molar-refractivity contribution is 0.330. The Hall–Kier alpha value is -2.47. The Morgan fingerprint density at radius 3 is 2.19 bits per heavy atom. The van der Waals surface area contributed by atoms with E-state index in [-0.39, 0.29) is 5.75 Å². The van der Waals surface area contributed by atoms with E-state index < -0.39 is 9.84 Å². The fourth-order valence-corrected chi connectivity index (χ4v) is 3.49. The summed E-state index contributed by atoms with van der Waals surface area (Å²) in [6, 6.07) is 12.3. The molecule has 0 saturated heterocycles. The molecule has 26 heavy (non-hydrogen) atoms. The molecule has 0 aliphatic carbocycles. The molecule has 0 spiro atoms. The van der Waals surface area contributed by atoms with Gasteiger partial charge in [-0.2, -0.15) is 0 Å². The van der Waals surface area contributed by atoms with Crippen molar-refractivity contribution in [2.45, 2.75) is 19.6 Å².